The van der Waals surface area contributed by atoms with E-state index in [0.29, 0.717) is 20.9 Å². The second kappa shape index (κ2) is 10.2. The van der Waals surface area contributed by atoms with Crippen LogP contribution in [-0.4, -0.2) is 19.7 Å². The zero-order chi connectivity index (χ0) is 21.5. The van der Waals surface area contributed by atoms with Gasteiger partial charge in [0.15, 0.2) is 11.0 Å². The molecule has 0 unspecified atom stereocenters. The highest BCUT2D eigenvalue weighted by molar-refractivity contribution is 7.99. The molecule has 0 bridgehead atoms. The number of unbranched alkanes of at least 4 members (excludes halogenated alkanes) is 3. The summed E-state index contributed by atoms with van der Waals surface area (Å²) in [6.45, 7) is 2.89. The molecular weight excluding hydrogens is 422 g/mol. The zero-order valence-corrected chi connectivity index (χ0v) is 18.0. The number of rotatable bonds is 9. The number of benzene rings is 2. The van der Waals surface area contributed by atoms with Crippen LogP contribution in [0.15, 0.2) is 52.5 Å². The molecule has 0 radical (unpaired) electrons. The van der Waals surface area contributed by atoms with Crippen LogP contribution in [0, 0.1) is 21.4 Å². The first-order valence-electron chi connectivity index (χ1n) is 9.59. The Morgan fingerprint density at radius 1 is 1.20 bits per heavy atom. The minimum absolute atomic E-state index is 0.0324. The number of halogens is 1. The summed E-state index contributed by atoms with van der Waals surface area (Å²) in [5.74, 6) is 0.708. The average Bonchev–Trinajstić information content (AvgIpc) is 3.13. The van der Waals surface area contributed by atoms with E-state index in [2.05, 4.69) is 17.1 Å². The van der Waals surface area contributed by atoms with Crippen LogP contribution in [0.25, 0.3) is 11.4 Å². The molecule has 0 atom stereocenters. The third-order valence-electron chi connectivity index (χ3n) is 4.53. The van der Waals surface area contributed by atoms with E-state index in [1.807, 2.05) is 28.8 Å². The maximum Gasteiger partial charge on any atom is 0.288 e. The molecule has 0 saturated carbocycles. The third-order valence-corrected chi connectivity index (χ3v) is 5.74. The molecule has 3 aromatic rings. The molecule has 9 heteroatoms. The van der Waals surface area contributed by atoms with E-state index >= 15 is 0 Å². The number of aromatic nitrogens is 3. The number of nitriles is 1. The minimum Gasteiger partial charge on any atom is -0.302 e. The Bertz CT molecular complexity index is 1090. The lowest BCUT2D eigenvalue weighted by molar-refractivity contribution is -0.385. The van der Waals surface area contributed by atoms with Gasteiger partial charge >= 0.3 is 0 Å². The third kappa shape index (κ3) is 5.17. The lowest BCUT2D eigenvalue weighted by Gasteiger charge is -2.10. The number of hydrogen-bond donors (Lipinski definition) is 0. The van der Waals surface area contributed by atoms with Crippen LogP contribution < -0.4 is 0 Å². The molecular formula is C21H20ClN5O2S. The van der Waals surface area contributed by atoms with E-state index < -0.39 is 4.92 Å². The van der Waals surface area contributed by atoms with E-state index in [-0.39, 0.29) is 11.3 Å². The van der Waals surface area contributed by atoms with Gasteiger partial charge in [0.2, 0.25) is 0 Å². The van der Waals surface area contributed by atoms with Gasteiger partial charge in [0.25, 0.3) is 5.69 Å². The molecule has 0 spiro atoms. The maximum atomic E-state index is 11.3. The topological polar surface area (TPSA) is 97.6 Å². The largest absolute Gasteiger partial charge is 0.302 e. The van der Waals surface area contributed by atoms with E-state index in [9.17, 15) is 10.1 Å². The summed E-state index contributed by atoms with van der Waals surface area (Å²) < 4.78 is 2.02. The molecule has 0 N–H and O–H groups in total. The molecule has 0 fully saturated rings. The van der Waals surface area contributed by atoms with Gasteiger partial charge in [-0.05, 0) is 42.4 Å². The monoisotopic (exact) mass is 441 g/mol. The highest BCUT2D eigenvalue weighted by atomic mass is 35.5. The highest BCUT2D eigenvalue weighted by Gasteiger charge is 2.18. The molecule has 0 aliphatic carbocycles. The van der Waals surface area contributed by atoms with Crippen LogP contribution in [0.2, 0.25) is 5.02 Å². The van der Waals surface area contributed by atoms with Crippen LogP contribution in [0.1, 0.15) is 38.2 Å². The second-order valence-electron chi connectivity index (χ2n) is 6.68. The summed E-state index contributed by atoms with van der Waals surface area (Å²) in [7, 11) is 0. The van der Waals surface area contributed by atoms with Crippen molar-refractivity contribution in [3.63, 3.8) is 0 Å². The van der Waals surface area contributed by atoms with Crippen molar-refractivity contribution in [2.75, 3.05) is 0 Å². The molecule has 0 amide bonds. The van der Waals surface area contributed by atoms with Crippen molar-refractivity contribution in [2.24, 2.45) is 0 Å². The molecule has 2 aromatic carbocycles. The van der Waals surface area contributed by atoms with Gasteiger partial charge in [-0.25, -0.2) is 0 Å². The second-order valence-corrected chi connectivity index (χ2v) is 8.16. The van der Waals surface area contributed by atoms with Gasteiger partial charge in [-0.1, -0.05) is 49.9 Å². The Labute approximate surface area is 183 Å². The number of nitro benzene ring substituents is 1. The van der Waals surface area contributed by atoms with Crippen molar-refractivity contribution in [2.45, 2.75) is 49.2 Å². The van der Waals surface area contributed by atoms with Crippen LogP contribution in [0.3, 0.4) is 0 Å². The predicted molar refractivity (Wildman–Crippen MR) is 117 cm³/mol. The summed E-state index contributed by atoms with van der Waals surface area (Å²) in [6.07, 6.45) is 4.36. The quantitative estimate of drug-likeness (QED) is 0.225. The van der Waals surface area contributed by atoms with Crippen molar-refractivity contribution in [1.82, 2.24) is 14.8 Å². The smallest absolute Gasteiger partial charge is 0.288 e. The Hall–Kier alpha value is -2.89. The maximum absolute atomic E-state index is 11.3. The van der Waals surface area contributed by atoms with Gasteiger partial charge < -0.3 is 4.57 Å². The fraction of sp³-hybridized carbons (Fsp3) is 0.286. The normalized spacial score (nSPS) is 10.7. The van der Waals surface area contributed by atoms with Crippen LogP contribution >= 0.6 is 23.4 Å². The summed E-state index contributed by atoms with van der Waals surface area (Å²) in [5, 5.41) is 30.3. The standard InChI is InChI=1S/C21H20ClN5O2S/c1-2-3-4-5-11-26-20(15-7-6-8-17(22)12-15)24-25-21(26)30-18-10-9-16(14-23)19(13-18)27(28)29/h6-10,12-13H,2-5,11H2,1H3. The fourth-order valence-corrected chi connectivity index (χ4v) is 4.11. The zero-order valence-electron chi connectivity index (χ0n) is 16.4. The van der Waals surface area contributed by atoms with E-state index in [4.69, 9.17) is 16.9 Å². The van der Waals surface area contributed by atoms with Crippen LogP contribution in [0.5, 0.6) is 0 Å². The minimum atomic E-state index is -0.546. The summed E-state index contributed by atoms with van der Waals surface area (Å²) in [6, 6.07) is 13.8. The fourth-order valence-electron chi connectivity index (χ4n) is 3.03. The molecule has 7 nitrogen and oxygen atoms in total. The first-order chi connectivity index (χ1) is 14.5. The lowest BCUT2D eigenvalue weighted by Crippen LogP contribution is -2.03. The van der Waals surface area contributed by atoms with Crippen molar-refractivity contribution < 1.29 is 4.92 Å². The number of nitrogens with zero attached hydrogens (tertiary/aromatic N) is 5. The van der Waals surface area contributed by atoms with Gasteiger partial charge in [0.1, 0.15) is 11.6 Å². The summed E-state index contributed by atoms with van der Waals surface area (Å²) in [4.78, 5) is 11.4. The SMILES string of the molecule is CCCCCCn1c(Sc2ccc(C#N)c([N+](=O)[O-])c2)nnc1-c1cccc(Cl)c1. The molecule has 3 rings (SSSR count). The van der Waals surface area contributed by atoms with Crippen molar-refractivity contribution >= 4 is 29.1 Å². The van der Waals surface area contributed by atoms with Crippen LogP contribution in [0.4, 0.5) is 5.69 Å². The molecule has 1 aromatic heterocycles. The van der Waals surface area contributed by atoms with Gasteiger partial charge in [-0.2, -0.15) is 5.26 Å². The van der Waals surface area contributed by atoms with Gasteiger partial charge in [0.05, 0.1) is 4.92 Å². The molecule has 1 heterocycles. The predicted octanol–water partition coefficient (Wildman–Crippen LogP) is 6.11. The summed E-state index contributed by atoms with van der Waals surface area (Å²) >= 11 is 7.44. The van der Waals surface area contributed by atoms with Crippen LogP contribution in [-0.2, 0) is 6.54 Å². The van der Waals surface area contributed by atoms with Gasteiger partial charge in [-0.3, -0.25) is 10.1 Å². The Morgan fingerprint density at radius 3 is 2.73 bits per heavy atom. The van der Waals surface area contributed by atoms with E-state index in [0.717, 1.165) is 37.8 Å². The van der Waals surface area contributed by atoms with Gasteiger partial charge in [-0.15, -0.1) is 10.2 Å². The average molecular weight is 442 g/mol. The van der Waals surface area contributed by atoms with Gasteiger partial charge in [0, 0.05) is 28.1 Å². The molecule has 30 heavy (non-hydrogen) atoms. The van der Waals surface area contributed by atoms with Crippen molar-refractivity contribution in [3.8, 4) is 17.5 Å². The Kier molecular flexibility index (Phi) is 7.44. The number of nitro groups is 1. The first kappa shape index (κ1) is 21.8. The summed E-state index contributed by atoms with van der Waals surface area (Å²) in [5.41, 5.74) is 0.680. The number of hydrogen-bond acceptors (Lipinski definition) is 6. The molecule has 154 valence electrons. The highest BCUT2D eigenvalue weighted by Crippen LogP contribution is 2.33. The molecule has 0 aliphatic rings. The van der Waals surface area contributed by atoms with E-state index in [1.165, 1.54) is 23.9 Å². The molecule has 0 saturated heterocycles. The Morgan fingerprint density at radius 2 is 2.03 bits per heavy atom. The Balaban J connectivity index is 1.95. The first-order valence-corrected chi connectivity index (χ1v) is 10.8. The van der Waals surface area contributed by atoms with Crippen molar-refractivity contribution in [1.29, 1.82) is 5.26 Å². The lowest BCUT2D eigenvalue weighted by atomic mass is 10.2. The molecule has 0 aliphatic heterocycles. The van der Waals surface area contributed by atoms with E-state index in [1.54, 1.807) is 12.1 Å². The van der Waals surface area contributed by atoms with Crippen molar-refractivity contribution in [3.05, 3.63) is 63.2 Å².